The summed E-state index contributed by atoms with van der Waals surface area (Å²) in [5.41, 5.74) is 1.91. The van der Waals surface area contributed by atoms with Crippen molar-refractivity contribution in [3.63, 3.8) is 0 Å². The van der Waals surface area contributed by atoms with Gasteiger partial charge in [-0.15, -0.1) is 0 Å². The van der Waals surface area contributed by atoms with Crippen molar-refractivity contribution in [3.05, 3.63) is 90.8 Å². The molecule has 0 unspecified atom stereocenters. The standard InChI is InChI=1S/C30H25N3O6/c1-36-12-13-38-29-17-26-24(16-28(29)37-2)30(32-18-31-26)33-25-10-9-21(39-20-6-4-3-5-7-20)15-22(25)23-14-19(34)8-11-27(23)35/h3-11,14-18H,12-13H2,1-2H3,(H,31,32,33). The van der Waals surface area contributed by atoms with Crippen LogP contribution in [-0.4, -0.2) is 49.0 Å². The number of hydrogen-bond acceptors (Lipinski definition) is 9. The SMILES string of the molecule is COCCOc1cc2ncnc(Nc3ccc(Oc4ccccc4)cc3C3=CC(=O)C=CC3=O)c2cc1OC. The van der Waals surface area contributed by atoms with Gasteiger partial charge in [0.2, 0.25) is 0 Å². The average molecular weight is 524 g/mol. The zero-order valence-electron chi connectivity index (χ0n) is 21.3. The van der Waals surface area contributed by atoms with Crippen LogP contribution in [-0.2, 0) is 14.3 Å². The molecule has 1 N–H and O–H groups in total. The van der Waals surface area contributed by atoms with E-state index in [0.717, 1.165) is 0 Å². The number of ether oxygens (including phenoxy) is 4. The van der Waals surface area contributed by atoms with Crippen LogP contribution >= 0.6 is 0 Å². The van der Waals surface area contributed by atoms with Crippen LogP contribution in [0.2, 0.25) is 0 Å². The molecular weight excluding hydrogens is 498 g/mol. The summed E-state index contributed by atoms with van der Waals surface area (Å²) in [6.45, 7) is 0.780. The van der Waals surface area contributed by atoms with Crippen LogP contribution in [0.25, 0.3) is 16.5 Å². The first kappa shape index (κ1) is 25.6. The number of rotatable bonds is 10. The number of fused-ring (bicyclic) bond motifs is 1. The van der Waals surface area contributed by atoms with Crippen LogP contribution in [0.1, 0.15) is 5.56 Å². The molecule has 0 radical (unpaired) electrons. The fourth-order valence-corrected chi connectivity index (χ4v) is 4.06. The molecule has 1 aromatic heterocycles. The Balaban J connectivity index is 1.55. The zero-order valence-corrected chi connectivity index (χ0v) is 21.3. The third-order valence-corrected chi connectivity index (χ3v) is 5.93. The number of carbonyl (C=O) groups is 2. The number of benzene rings is 3. The Morgan fingerprint density at radius 2 is 1.69 bits per heavy atom. The summed E-state index contributed by atoms with van der Waals surface area (Å²) < 4.78 is 22.4. The molecule has 1 aliphatic rings. The van der Waals surface area contributed by atoms with E-state index in [1.807, 2.05) is 30.3 Å². The Kier molecular flexibility index (Phi) is 7.60. The molecule has 0 saturated carbocycles. The summed E-state index contributed by atoms with van der Waals surface area (Å²) >= 11 is 0. The highest BCUT2D eigenvalue weighted by Gasteiger charge is 2.21. The summed E-state index contributed by atoms with van der Waals surface area (Å²) in [5, 5.41) is 3.98. The van der Waals surface area contributed by atoms with E-state index in [4.69, 9.17) is 18.9 Å². The maximum Gasteiger partial charge on any atom is 0.186 e. The summed E-state index contributed by atoms with van der Waals surface area (Å²) in [4.78, 5) is 33.8. The Hall–Kier alpha value is -5.02. The Bertz CT molecular complexity index is 1600. The lowest BCUT2D eigenvalue weighted by molar-refractivity contribution is -0.113. The number of nitrogens with zero attached hydrogens (tertiary/aromatic N) is 2. The highest BCUT2D eigenvalue weighted by molar-refractivity contribution is 6.34. The van der Waals surface area contributed by atoms with Gasteiger partial charge < -0.3 is 24.3 Å². The van der Waals surface area contributed by atoms with Crippen LogP contribution in [0.4, 0.5) is 11.5 Å². The minimum absolute atomic E-state index is 0.244. The number of hydrogen-bond donors (Lipinski definition) is 1. The van der Waals surface area contributed by atoms with Crippen LogP contribution in [0.5, 0.6) is 23.0 Å². The minimum atomic E-state index is -0.290. The molecule has 0 spiro atoms. The monoisotopic (exact) mass is 523 g/mol. The third kappa shape index (κ3) is 5.78. The van der Waals surface area contributed by atoms with Crippen LogP contribution < -0.4 is 19.5 Å². The zero-order chi connectivity index (χ0) is 27.2. The molecule has 196 valence electrons. The van der Waals surface area contributed by atoms with Crippen molar-refractivity contribution in [2.75, 3.05) is 32.8 Å². The normalized spacial score (nSPS) is 12.8. The van der Waals surface area contributed by atoms with E-state index in [-0.39, 0.29) is 17.1 Å². The molecular formula is C30H25N3O6. The lowest BCUT2D eigenvalue weighted by Crippen LogP contribution is -2.09. The van der Waals surface area contributed by atoms with Crippen molar-refractivity contribution >= 4 is 39.5 Å². The van der Waals surface area contributed by atoms with Crippen LogP contribution in [0.3, 0.4) is 0 Å². The number of para-hydroxylation sites is 1. The van der Waals surface area contributed by atoms with Gasteiger partial charge in [0.1, 0.15) is 30.3 Å². The summed E-state index contributed by atoms with van der Waals surface area (Å²) in [7, 11) is 3.15. The van der Waals surface area contributed by atoms with Crippen molar-refractivity contribution < 1.29 is 28.5 Å². The van der Waals surface area contributed by atoms with E-state index >= 15 is 0 Å². The Morgan fingerprint density at radius 1 is 0.846 bits per heavy atom. The maximum absolute atomic E-state index is 12.8. The fraction of sp³-hybridized carbons (Fsp3) is 0.133. The predicted octanol–water partition coefficient (Wildman–Crippen LogP) is 5.29. The maximum atomic E-state index is 12.8. The van der Waals surface area contributed by atoms with Crippen LogP contribution in [0, 0.1) is 0 Å². The first-order valence-corrected chi connectivity index (χ1v) is 12.1. The third-order valence-electron chi connectivity index (χ3n) is 5.93. The summed E-state index contributed by atoms with van der Waals surface area (Å²) in [6, 6.07) is 18.1. The highest BCUT2D eigenvalue weighted by Crippen LogP contribution is 2.37. The number of ketones is 2. The second-order valence-corrected chi connectivity index (χ2v) is 8.49. The lowest BCUT2D eigenvalue weighted by Gasteiger charge is -2.17. The molecule has 0 bridgehead atoms. The Labute approximate surface area is 224 Å². The average Bonchev–Trinajstić information content (AvgIpc) is 2.95. The van der Waals surface area contributed by atoms with Gasteiger partial charge in [-0.2, -0.15) is 0 Å². The molecule has 9 heteroatoms. The highest BCUT2D eigenvalue weighted by atomic mass is 16.5. The molecule has 4 aromatic rings. The van der Waals surface area contributed by atoms with Gasteiger partial charge in [0.25, 0.3) is 0 Å². The number of nitrogens with one attached hydrogen (secondary N) is 1. The molecule has 39 heavy (non-hydrogen) atoms. The fourth-order valence-electron chi connectivity index (χ4n) is 4.06. The van der Waals surface area contributed by atoms with Crippen molar-refractivity contribution in [1.29, 1.82) is 0 Å². The molecule has 0 fully saturated rings. The van der Waals surface area contributed by atoms with Crippen LogP contribution in [0.15, 0.2) is 85.2 Å². The molecule has 1 aliphatic carbocycles. The van der Waals surface area contributed by atoms with E-state index < -0.39 is 0 Å². The number of aromatic nitrogens is 2. The number of anilines is 2. The molecule has 5 rings (SSSR count). The number of allylic oxidation sites excluding steroid dienone is 4. The van der Waals surface area contributed by atoms with Gasteiger partial charge in [-0.05, 0) is 54.6 Å². The number of carbonyl (C=O) groups excluding carboxylic acids is 2. The van der Waals surface area contributed by atoms with Crippen molar-refractivity contribution in [2.24, 2.45) is 0 Å². The first-order chi connectivity index (χ1) is 19.1. The topological polar surface area (TPSA) is 109 Å². The van der Waals surface area contributed by atoms with E-state index in [2.05, 4.69) is 15.3 Å². The molecule has 0 amide bonds. The first-order valence-electron chi connectivity index (χ1n) is 12.1. The summed E-state index contributed by atoms with van der Waals surface area (Å²) in [5.74, 6) is 2.09. The molecule has 1 heterocycles. The second kappa shape index (κ2) is 11.6. The van der Waals surface area contributed by atoms with Gasteiger partial charge in [0.15, 0.2) is 23.1 Å². The van der Waals surface area contributed by atoms with Crippen molar-refractivity contribution in [2.45, 2.75) is 0 Å². The molecule has 3 aromatic carbocycles. The second-order valence-electron chi connectivity index (χ2n) is 8.49. The molecule has 0 atom stereocenters. The van der Waals surface area contributed by atoms with Gasteiger partial charge >= 0.3 is 0 Å². The quantitative estimate of drug-likeness (QED) is 0.219. The number of methoxy groups -OCH3 is 2. The van der Waals surface area contributed by atoms with E-state index in [1.54, 1.807) is 44.6 Å². The van der Waals surface area contributed by atoms with Crippen molar-refractivity contribution in [3.8, 4) is 23.0 Å². The van der Waals surface area contributed by atoms with Gasteiger partial charge in [-0.1, -0.05) is 18.2 Å². The smallest absolute Gasteiger partial charge is 0.186 e. The largest absolute Gasteiger partial charge is 0.493 e. The van der Waals surface area contributed by atoms with Gasteiger partial charge in [-0.25, -0.2) is 9.97 Å². The summed E-state index contributed by atoms with van der Waals surface area (Å²) in [6.07, 6.45) is 5.27. The van der Waals surface area contributed by atoms with Gasteiger partial charge in [0, 0.05) is 35.4 Å². The lowest BCUT2D eigenvalue weighted by atomic mass is 9.94. The minimum Gasteiger partial charge on any atom is -0.493 e. The Morgan fingerprint density at radius 3 is 2.49 bits per heavy atom. The molecule has 9 nitrogen and oxygen atoms in total. The van der Waals surface area contributed by atoms with Crippen molar-refractivity contribution in [1.82, 2.24) is 9.97 Å². The molecule has 0 aliphatic heterocycles. The van der Waals surface area contributed by atoms with E-state index in [0.29, 0.717) is 64.2 Å². The van der Waals surface area contributed by atoms with E-state index in [1.165, 1.54) is 24.6 Å². The predicted molar refractivity (Wildman–Crippen MR) is 147 cm³/mol. The molecule has 0 saturated heterocycles. The van der Waals surface area contributed by atoms with E-state index in [9.17, 15) is 9.59 Å². The van der Waals surface area contributed by atoms with Gasteiger partial charge in [-0.3, -0.25) is 9.59 Å². The van der Waals surface area contributed by atoms with Gasteiger partial charge in [0.05, 0.1) is 19.2 Å².